The number of amides is 6. The highest BCUT2D eigenvalue weighted by molar-refractivity contribution is 6.30. The predicted molar refractivity (Wildman–Crippen MR) is 226 cm³/mol. The van der Waals surface area contributed by atoms with Crippen LogP contribution in [0.4, 0.5) is 5.69 Å². The Bertz CT molecular complexity index is 2990. The second kappa shape index (κ2) is 16.9. The van der Waals surface area contributed by atoms with E-state index in [0.717, 1.165) is 0 Å². The molecular weight excluding hydrogens is 818 g/mol. The molecule has 0 spiro atoms. The first kappa shape index (κ1) is 41.3. The normalized spacial score (nSPS) is 16.6. The molecular formula is C44H38ClN9O8. The Morgan fingerprint density at radius 3 is 2.03 bits per heavy atom. The molecule has 0 aliphatic carbocycles. The second-order valence-corrected chi connectivity index (χ2v) is 15.5. The van der Waals surface area contributed by atoms with Gasteiger partial charge in [-0.3, -0.25) is 63.1 Å². The summed E-state index contributed by atoms with van der Waals surface area (Å²) < 4.78 is 2.48. The monoisotopic (exact) mass is 855 g/mol. The highest BCUT2D eigenvalue weighted by atomic mass is 35.5. The maximum absolute atomic E-state index is 14.8. The van der Waals surface area contributed by atoms with Gasteiger partial charge in [0.15, 0.2) is 0 Å². The van der Waals surface area contributed by atoms with Gasteiger partial charge in [0.25, 0.3) is 17.0 Å². The number of carbonyl (C=O) groups excluding carboxylic acids is 6. The molecule has 314 valence electrons. The van der Waals surface area contributed by atoms with Gasteiger partial charge < -0.3 is 10.2 Å². The topological polar surface area (TPSA) is 224 Å². The first-order chi connectivity index (χ1) is 29.8. The SMILES string of the molecule is Cc1nc2cccc(CN(C(=O)Cc3ccc(Cl)cc3)c3ccc(CNC(=O)c4ccccn4)c4c(=O)n(C5CCC(=O)NC5=O)c(C)nc34)c2c(=O)n1C1CCC(=O)NC1=O. The lowest BCUT2D eigenvalue weighted by Crippen LogP contribution is -2.45. The van der Waals surface area contributed by atoms with Crippen LogP contribution in [0.2, 0.25) is 5.02 Å². The van der Waals surface area contributed by atoms with E-state index in [1.807, 2.05) is 0 Å². The molecule has 2 aliphatic rings. The third-order valence-electron chi connectivity index (χ3n) is 11.1. The third kappa shape index (κ3) is 7.97. The van der Waals surface area contributed by atoms with Gasteiger partial charge in [0.2, 0.25) is 29.5 Å². The summed E-state index contributed by atoms with van der Waals surface area (Å²) in [5, 5.41) is 7.99. The molecule has 2 fully saturated rings. The number of rotatable bonds is 10. The minimum absolute atomic E-state index is 0.00108. The van der Waals surface area contributed by atoms with Crippen molar-refractivity contribution in [3.63, 3.8) is 0 Å². The van der Waals surface area contributed by atoms with Crippen molar-refractivity contribution >= 4 is 74.5 Å². The molecule has 6 amide bonds. The average molecular weight is 856 g/mol. The lowest BCUT2D eigenvalue weighted by atomic mass is 10.0. The fourth-order valence-corrected chi connectivity index (χ4v) is 8.21. The summed E-state index contributed by atoms with van der Waals surface area (Å²) in [7, 11) is 0. The standard InChI is InChI=1S/C44H38ClN9O8/c1-23-48-29-8-5-6-27(37(29)43(61)53(23)32-15-17-34(55)50-41(32)59)22-52(36(57)20-25-9-12-28(45)13-10-25)31-14-11-26(21-47-40(58)30-7-3-4-19-46-30)38-39(31)49-24(2)54(44(38)62)33-16-18-35(56)51-42(33)60/h3-14,19,32-33H,15-18,20-22H2,1-2H3,(H,47,58)(H,50,55,59)(H,51,56,60). The predicted octanol–water partition coefficient (Wildman–Crippen LogP) is 3.43. The number of hydrogen-bond donors (Lipinski definition) is 3. The Morgan fingerprint density at radius 1 is 0.758 bits per heavy atom. The van der Waals surface area contributed by atoms with Crippen LogP contribution in [0.25, 0.3) is 21.8 Å². The zero-order valence-electron chi connectivity index (χ0n) is 33.4. The van der Waals surface area contributed by atoms with Crippen molar-refractivity contribution in [2.24, 2.45) is 0 Å². The highest BCUT2D eigenvalue weighted by Gasteiger charge is 2.34. The Kier molecular flexibility index (Phi) is 11.3. The van der Waals surface area contributed by atoms with Gasteiger partial charge in [-0.15, -0.1) is 0 Å². The summed E-state index contributed by atoms with van der Waals surface area (Å²) in [5.74, 6) is -2.81. The number of imide groups is 2. The first-order valence-corrected chi connectivity index (χ1v) is 20.1. The first-order valence-electron chi connectivity index (χ1n) is 19.8. The molecule has 0 bridgehead atoms. The summed E-state index contributed by atoms with van der Waals surface area (Å²) in [6, 6.07) is 17.7. The van der Waals surface area contributed by atoms with Crippen molar-refractivity contribution in [1.29, 1.82) is 0 Å². The molecule has 17 nitrogen and oxygen atoms in total. The quantitative estimate of drug-likeness (QED) is 0.169. The van der Waals surface area contributed by atoms with Gasteiger partial charge in [-0.05, 0) is 79.8 Å². The molecule has 2 saturated heterocycles. The minimum Gasteiger partial charge on any atom is -0.347 e. The number of anilines is 1. The highest BCUT2D eigenvalue weighted by Crippen LogP contribution is 2.32. The smallest absolute Gasteiger partial charge is 0.270 e. The summed E-state index contributed by atoms with van der Waals surface area (Å²) in [4.78, 5) is 123. The van der Waals surface area contributed by atoms with E-state index in [1.165, 1.54) is 26.3 Å². The van der Waals surface area contributed by atoms with Gasteiger partial charge in [-0.1, -0.05) is 48.0 Å². The Hall–Kier alpha value is -7.40. The van der Waals surface area contributed by atoms with E-state index in [2.05, 4.69) is 25.9 Å². The number of nitrogens with zero attached hydrogens (tertiary/aromatic N) is 6. The van der Waals surface area contributed by atoms with Gasteiger partial charge in [0.1, 0.15) is 34.9 Å². The van der Waals surface area contributed by atoms with Gasteiger partial charge in [0, 0.05) is 30.6 Å². The van der Waals surface area contributed by atoms with Crippen LogP contribution in [-0.4, -0.2) is 59.5 Å². The van der Waals surface area contributed by atoms with Crippen LogP contribution in [0.15, 0.2) is 88.6 Å². The maximum atomic E-state index is 14.8. The molecule has 3 aromatic carbocycles. The van der Waals surface area contributed by atoms with Crippen LogP contribution in [0.5, 0.6) is 0 Å². The van der Waals surface area contributed by atoms with Gasteiger partial charge in [0.05, 0.1) is 34.9 Å². The van der Waals surface area contributed by atoms with Crippen LogP contribution in [0.3, 0.4) is 0 Å². The van der Waals surface area contributed by atoms with E-state index in [-0.39, 0.29) is 84.5 Å². The minimum atomic E-state index is -1.07. The summed E-state index contributed by atoms with van der Waals surface area (Å²) >= 11 is 6.17. The largest absolute Gasteiger partial charge is 0.347 e. The van der Waals surface area contributed by atoms with E-state index < -0.39 is 58.6 Å². The molecule has 5 heterocycles. The maximum Gasteiger partial charge on any atom is 0.270 e. The molecule has 2 aliphatic heterocycles. The summed E-state index contributed by atoms with van der Waals surface area (Å²) in [5.41, 5.74) is 0.787. The van der Waals surface area contributed by atoms with Gasteiger partial charge in [-0.2, -0.15) is 0 Å². The Labute approximate surface area is 357 Å². The van der Waals surface area contributed by atoms with E-state index in [4.69, 9.17) is 16.6 Å². The zero-order valence-corrected chi connectivity index (χ0v) is 34.2. The molecule has 8 rings (SSSR count). The number of benzene rings is 3. The molecule has 2 unspecified atom stereocenters. The number of nitrogens with one attached hydrogen (secondary N) is 3. The number of pyridine rings is 1. The van der Waals surface area contributed by atoms with Crippen LogP contribution in [0.1, 0.15) is 76.6 Å². The molecule has 3 N–H and O–H groups in total. The van der Waals surface area contributed by atoms with Crippen LogP contribution < -0.4 is 32.0 Å². The zero-order chi connectivity index (χ0) is 43.8. The van der Waals surface area contributed by atoms with Crippen molar-refractivity contribution in [3.8, 4) is 0 Å². The van der Waals surface area contributed by atoms with E-state index in [1.54, 1.807) is 80.6 Å². The van der Waals surface area contributed by atoms with E-state index >= 15 is 0 Å². The van der Waals surface area contributed by atoms with Gasteiger partial charge in [-0.25, -0.2) is 9.97 Å². The van der Waals surface area contributed by atoms with Crippen molar-refractivity contribution in [2.75, 3.05) is 4.90 Å². The summed E-state index contributed by atoms with van der Waals surface area (Å²) in [6.45, 7) is 2.73. The molecule has 0 radical (unpaired) electrons. The average Bonchev–Trinajstić information content (AvgIpc) is 3.24. The summed E-state index contributed by atoms with van der Waals surface area (Å²) in [6.07, 6.45) is 1.48. The fourth-order valence-electron chi connectivity index (χ4n) is 8.08. The van der Waals surface area contributed by atoms with Crippen molar-refractivity contribution in [2.45, 2.75) is 71.1 Å². The third-order valence-corrected chi connectivity index (χ3v) is 11.3. The molecule has 2 atom stereocenters. The number of fused-ring (bicyclic) bond motifs is 2. The number of piperidine rings is 2. The van der Waals surface area contributed by atoms with Crippen LogP contribution >= 0.6 is 11.6 Å². The van der Waals surface area contributed by atoms with Crippen LogP contribution in [0, 0.1) is 13.8 Å². The Balaban J connectivity index is 1.30. The molecule has 62 heavy (non-hydrogen) atoms. The van der Waals surface area contributed by atoms with E-state index in [9.17, 15) is 38.4 Å². The van der Waals surface area contributed by atoms with Crippen LogP contribution in [-0.2, 0) is 43.5 Å². The molecule has 6 aromatic rings. The van der Waals surface area contributed by atoms with E-state index in [0.29, 0.717) is 27.2 Å². The number of halogens is 1. The lowest BCUT2D eigenvalue weighted by molar-refractivity contribution is -0.137. The second-order valence-electron chi connectivity index (χ2n) is 15.1. The molecule has 0 saturated carbocycles. The number of aromatic nitrogens is 5. The fraction of sp³-hybridized carbons (Fsp3) is 0.250. The number of hydrogen-bond acceptors (Lipinski definition) is 11. The number of aryl methyl sites for hydroxylation is 2. The van der Waals surface area contributed by atoms with Crippen molar-refractivity contribution < 1.29 is 28.8 Å². The Morgan fingerprint density at radius 2 is 1.40 bits per heavy atom. The molecule has 3 aromatic heterocycles. The lowest BCUT2D eigenvalue weighted by Gasteiger charge is -2.28. The van der Waals surface area contributed by atoms with Gasteiger partial charge >= 0.3 is 0 Å². The molecule has 18 heteroatoms. The number of carbonyl (C=O) groups is 6. The van der Waals surface area contributed by atoms with Crippen molar-refractivity contribution in [1.82, 2.24) is 40.0 Å². The van der Waals surface area contributed by atoms with Crippen molar-refractivity contribution in [3.05, 3.63) is 139 Å².